The van der Waals surface area contributed by atoms with Gasteiger partial charge in [0.15, 0.2) is 0 Å². The van der Waals surface area contributed by atoms with Crippen molar-refractivity contribution in [1.82, 2.24) is 9.71 Å². The Morgan fingerprint density at radius 3 is 2.71 bits per heavy atom. The first-order chi connectivity index (χ1) is 9.79. The van der Waals surface area contributed by atoms with E-state index in [0.717, 1.165) is 5.69 Å². The molecular formula is C13H15N3O3S2. The van der Waals surface area contributed by atoms with Crippen LogP contribution in [0.2, 0.25) is 0 Å². The molecule has 1 aromatic carbocycles. The molecule has 2 rings (SSSR count). The van der Waals surface area contributed by atoms with Crippen molar-refractivity contribution in [2.24, 2.45) is 5.73 Å². The maximum Gasteiger partial charge on any atom is 0.241 e. The SMILES string of the molecule is Cc1nc(CNS(=O)(=O)c2cccc(C(N)=S)c2)oc1C. The third kappa shape index (κ3) is 3.66. The summed E-state index contributed by atoms with van der Waals surface area (Å²) in [7, 11) is -3.68. The van der Waals surface area contributed by atoms with Gasteiger partial charge in [-0.3, -0.25) is 0 Å². The number of hydrogen-bond donors (Lipinski definition) is 2. The fourth-order valence-corrected chi connectivity index (χ4v) is 2.82. The van der Waals surface area contributed by atoms with E-state index in [9.17, 15) is 8.42 Å². The summed E-state index contributed by atoms with van der Waals surface area (Å²) in [4.78, 5) is 4.35. The zero-order valence-electron chi connectivity index (χ0n) is 11.6. The molecule has 8 heteroatoms. The van der Waals surface area contributed by atoms with Crippen LogP contribution in [0.15, 0.2) is 33.6 Å². The van der Waals surface area contributed by atoms with Gasteiger partial charge in [-0.15, -0.1) is 0 Å². The Kier molecular flexibility index (Phi) is 4.40. The van der Waals surface area contributed by atoms with Gasteiger partial charge < -0.3 is 10.2 Å². The van der Waals surface area contributed by atoms with E-state index < -0.39 is 10.0 Å². The molecule has 0 aliphatic rings. The fourth-order valence-electron chi connectivity index (χ4n) is 1.67. The monoisotopic (exact) mass is 325 g/mol. The van der Waals surface area contributed by atoms with Crippen LogP contribution in [0.25, 0.3) is 0 Å². The van der Waals surface area contributed by atoms with Crippen LogP contribution < -0.4 is 10.5 Å². The van der Waals surface area contributed by atoms with Crippen molar-refractivity contribution in [3.8, 4) is 0 Å². The maximum atomic E-state index is 12.2. The summed E-state index contributed by atoms with van der Waals surface area (Å²) in [5.41, 5.74) is 6.73. The number of aryl methyl sites for hydroxylation is 2. The molecule has 0 aliphatic heterocycles. The lowest BCUT2D eigenvalue weighted by atomic mass is 10.2. The minimum absolute atomic E-state index is 0.0195. The summed E-state index contributed by atoms with van der Waals surface area (Å²) >= 11 is 4.84. The van der Waals surface area contributed by atoms with Crippen LogP contribution in [-0.4, -0.2) is 18.4 Å². The van der Waals surface area contributed by atoms with Gasteiger partial charge in [-0.2, -0.15) is 0 Å². The van der Waals surface area contributed by atoms with Crippen LogP contribution in [0, 0.1) is 13.8 Å². The predicted molar refractivity (Wildman–Crippen MR) is 82.3 cm³/mol. The van der Waals surface area contributed by atoms with E-state index in [1.807, 2.05) is 0 Å². The number of nitrogens with one attached hydrogen (secondary N) is 1. The smallest absolute Gasteiger partial charge is 0.241 e. The van der Waals surface area contributed by atoms with E-state index in [2.05, 4.69) is 9.71 Å². The Hall–Kier alpha value is -1.77. The van der Waals surface area contributed by atoms with Gasteiger partial charge >= 0.3 is 0 Å². The lowest BCUT2D eigenvalue weighted by molar-refractivity contribution is 0.463. The first-order valence-corrected chi connectivity index (χ1v) is 8.01. The van der Waals surface area contributed by atoms with Crippen molar-refractivity contribution in [3.05, 3.63) is 47.2 Å². The Labute approximate surface area is 128 Å². The Morgan fingerprint density at radius 1 is 1.43 bits per heavy atom. The third-order valence-electron chi connectivity index (χ3n) is 2.92. The maximum absolute atomic E-state index is 12.2. The average Bonchev–Trinajstić information content (AvgIpc) is 2.76. The van der Waals surface area contributed by atoms with Gasteiger partial charge in [0, 0.05) is 5.56 Å². The number of oxazole rings is 1. The molecule has 0 aliphatic carbocycles. The van der Waals surface area contributed by atoms with E-state index in [-0.39, 0.29) is 16.4 Å². The molecule has 3 N–H and O–H groups in total. The molecule has 6 nitrogen and oxygen atoms in total. The molecule has 0 bridgehead atoms. The zero-order chi connectivity index (χ0) is 15.6. The number of nitrogens with two attached hydrogens (primary N) is 1. The standard InChI is InChI=1S/C13H15N3O3S2/c1-8-9(2)19-12(16-8)7-15-21(17,18)11-5-3-4-10(6-11)13(14)20/h3-6,15H,7H2,1-2H3,(H2,14,20). The topological polar surface area (TPSA) is 98.2 Å². The predicted octanol–water partition coefficient (Wildman–Crippen LogP) is 1.40. The highest BCUT2D eigenvalue weighted by Gasteiger charge is 2.16. The quantitative estimate of drug-likeness (QED) is 0.807. The second-order valence-corrected chi connectivity index (χ2v) is 6.67. The number of nitrogens with zero attached hydrogens (tertiary/aromatic N) is 1. The van der Waals surface area contributed by atoms with Gasteiger partial charge in [-0.05, 0) is 26.0 Å². The fraction of sp³-hybridized carbons (Fsp3) is 0.231. The number of benzene rings is 1. The molecule has 0 fully saturated rings. The molecule has 0 spiro atoms. The van der Waals surface area contributed by atoms with Gasteiger partial charge in [-0.25, -0.2) is 18.1 Å². The summed E-state index contributed by atoms with van der Waals surface area (Å²) in [5.74, 6) is 0.985. The molecule has 2 aromatic rings. The molecule has 112 valence electrons. The molecule has 0 amide bonds. The highest BCUT2D eigenvalue weighted by atomic mass is 32.2. The molecule has 1 aromatic heterocycles. The van der Waals surface area contributed by atoms with E-state index >= 15 is 0 Å². The normalized spacial score (nSPS) is 11.5. The molecular weight excluding hydrogens is 310 g/mol. The largest absolute Gasteiger partial charge is 0.444 e. The molecule has 0 unspecified atom stereocenters. The first-order valence-electron chi connectivity index (χ1n) is 6.12. The summed E-state index contributed by atoms with van der Waals surface area (Å²) in [6.45, 7) is 3.54. The van der Waals surface area contributed by atoms with Gasteiger partial charge in [0.2, 0.25) is 15.9 Å². The van der Waals surface area contributed by atoms with Crippen LogP contribution in [0.3, 0.4) is 0 Å². The van der Waals surface area contributed by atoms with Crippen LogP contribution in [0.5, 0.6) is 0 Å². The van der Waals surface area contributed by atoms with Gasteiger partial charge in [0.05, 0.1) is 17.1 Å². The van der Waals surface area contributed by atoms with E-state index in [4.69, 9.17) is 22.4 Å². The Balaban J connectivity index is 2.18. The van der Waals surface area contributed by atoms with Crippen LogP contribution >= 0.6 is 12.2 Å². The van der Waals surface area contributed by atoms with Crippen molar-refractivity contribution < 1.29 is 12.8 Å². The summed E-state index contributed by atoms with van der Waals surface area (Å²) in [6.07, 6.45) is 0. The lowest BCUT2D eigenvalue weighted by Gasteiger charge is -2.06. The van der Waals surface area contributed by atoms with Crippen molar-refractivity contribution in [2.75, 3.05) is 0 Å². The highest BCUT2D eigenvalue weighted by Crippen LogP contribution is 2.13. The average molecular weight is 325 g/mol. The molecule has 1 heterocycles. The minimum Gasteiger partial charge on any atom is -0.444 e. The van der Waals surface area contributed by atoms with Gasteiger partial charge in [0.1, 0.15) is 10.7 Å². The molecule has 0 saturated carbocycles. The number of rotatable bonds is 5. The van der Waals surface area contributed by atoms with Crippen molar-refractivity contribution in [1.29, 1.82) is 0 Å². The molecule has 0 saturated heterocycles. The molecule has 21 heavy (non-hydrogen) atoms. The summed E-state index contributed by atoms with van der Waals surface area (Å²) < 4.78 is 32.2. The van der Waals surface area contributed by atoms with Gasteiger partial charge in [0.25, 0.3) is 0 Å². The van der Waals surface area contributed by atoms with Crippen LogP contribution in [-0.2, 0) is 16.6 Å². The third-order valence-corrected chi connectivity index (χ3v) is 4.55. The van der Waals surface area contributed by atoms with E-state index in [1.54, 1.807) is 26.0 Å². The highest BCUT2D eigenvalue weighted by molar-refractivity contribution is 7.89. The Bertz CT molecular complexity index is 762. The summed E-state index contributed by atoms with van der Waals surface area (Å²) in [5, 5.41) is 0. The van der Waals surface area contributed by atoms with Crippen molar-refractivity contribution in [3.63, 3.8) is 0 Å². The number of sulfonamides is 1. The second kappa shape index (κ2) is 5.92. The molecule has 0 atom stereocenters. The number of thiocarbonyl (C=S) groups is 1. The van der Waals surface area contributed by atoms with Crippen LogP contribution in [0.4, 0.5) is 0 Å². The number of aromatic nitrogens is 1. The minimum atomic E-state index is -3.68. The second-order valence-electron chi connectivity index (χ2n) is 4.47. The first kappa shape index (κ1) is 15.6. The van der Waals surface area contributed by atoms with E-state index in [0.29, 0.717) is 17.2 Å². The van der Waals surface area contributed by atoms with Gasteiger partial charge in [-0.1, -0.05) is 24.4 Å². The molecule has 0 radical (unpaired) electrons. The number of hydrogen-bond acceptors (Lipinski definition) is 5. The Morgan fingerprint density at radius 2 is 2.14 bits per heavy atom. The van der Waals surface area contributed by atoms with E-state index in [1.165, 1.54) is 12.1 Å². The van der Waals surface area contributed by atoms with Crippen molar-refractivity contribution >= 4 is 27.2 Å². The van der Waals surface area contributed by atoms with Crippen molar-refractivity contribution in [2.45, 2.75) is 25.3 Å². The lowest BCUT2D eigenvalue weighted by Crippen LogP contribution is -2.24. The zero-order valence-corrected chi connectivity index (χ0v) is 13.2. The summed E-state index contributed by atoms with van der Waals surface area (Å²) in [6, 6.07) is 6.14. The van der Waals surface area contributed by atoms with Crippen LogP contribution in [0.1, 0.15) is 22.9 Å².